The molecule has 0 aliphatic heterocycles. The molecule has 3 nitrogen and oxygen atoms in total. The van der Waals surface area contributed by atoms with Crippen LogP contribution in [0, 0.1) is 0 Å². The Morgan fingerprint density at radius 2 is 1.92 bits per heavy atom. The minimum atomic E-state index is -3.35. The molecule has 0 aliphatic rings. The van der Waals surface area contributed by atoms with Crippen LogP contribution in [0.15, 0.2) is 0 Å². The molecule has 0 spiro atoms. The van der Waals surface area contributed by atoms with E-state index in [1.165, 1.54) is 0 Å². The molecule has 0 saturated heterocycles. The van der Waals surface area contributed by atoms with Gasteiger partial charge >= 0.3 is 0 Å². The average molecular weight is 212 g/mol. The first-order valence-corrected chi connectivity index (χ1v) is 6.13. The van der Waals surface area contributed by atoms with Gasteiger partial charge in [-0.1, -0.05) is 13.3 Å². The fourth-order valence-corrected chi connectivity index (χ4v) is 1.89. The summed E-state index contributed by atoms with van der Waals surface area (Å²) in [6.07, 6.45) is 2.27. The summed E-state index contributed by atoms with van der Waals surface area (Å²) in [6.45, 7) is 1.60. The van der Waals surface area contributed by atoms with E-state index in [0.29, 0.717) is 19.3 Å². The molecule has 0 fully saturated rings. The molecule has 0 rings (SSSR count). The molecule has 0 bridgehead atoms. The van der Waals surface area contributed by atoms with Gasteiger partial charge in [-0.2, -0.15) is 8.42 Å². The molecule has 80 valence electrons. The second kappa shape index (κ2) is 7.26. The lowest BCUT2D eigenvalue weighted by Crippen LogP contribution is -2.11. The summed E-state index contributed by atoms with van der Waals surface area (Å²) >= 11 is 0. The quantitative estimate of drug-likeness (QED) is 0.456. The lowest BCUT2D eigenvalue weighted by molar-refractivity contribution is 0.299. The van der Waals surface area contributed by atoms with Crippen molar-refractivity contribution in [3.63, 3.8) is 0 Å². The Balaban J connectivity index is 3.52. The van der Waals surface area contributed by atoms with Crippen LogP contribution in [0.1, 0.15) is 32.6 Å². The van der Waals surface area contributed by atoms with Gasteiger partial charge < -0.3 is 0 Å². The molecule has 0 radical (unpaired) electrons. The molecule has 0 aromatic carbocycles. The summed E-state index contributed by atoms with van der Waals surface area (Å²) < 4.78 is 38.3. The monoisotopic (exact) mass is 212 g/mol. The molecule has 0 aliphatic carbocycles. The lowest BCUT2D eigenvalue weighted by atomic mass is 10.4. The fourth-order valence-electron chi connectivity index (χ4n) is 0.762. The van der Waals surface area contributed by atoms with Gasteiger partial charge in [-0.05, 0) is 19.3 Å². The van der Waals surface area contributed by atoms with Crippen molar-refractivity contribution in [2.45, 2.75) is 32.6 Å². The maximum Gasteiger partial charge on any atom is 0.267 e. The Labute approximate surface area is 79.4 Å². The Morgan fingerprint density at radius 1 is 1.23 bits per heavy atom. The van der Waals surface area contributed by atoms with Gasteiger partial charge in [0.2, 0.25) is 0 Å². The van der Waals surface area contributed by atoms with Crippen molar-refractivity contribution in [1.82, 2.24) is 0 Å². The summed E-state index contributed by atoms with van der Waals surface area (Å²) in [5.74, 6) is 0.0686. The number of alkyl halides is 1. The van der Waals surface area contributed by atoms with E-state index in [1.807, 2.05) is 6.92 Å². The van der Waals surface area contributed by atoms with E-state index in [-0.39, 0.29) is 12.4 Å². The zero-order valence-corrected chi connectivity index (χ0v) is 8.78. The molecule has 0 aromatic rings. The third kappa shape index (κ3) is 8.18. The van der Waals surface area contributed by atoms with Gasteiger partial charge in [-0.15, -0.1) is 0 Å². The van der Waals surface area contributed by atoms with Gasteiger partial charge in [0.15, 0.2) is 0 Å². The zero-order chi connectivity index (χ0) is 10.2. The average Bonchev–Trinajstić information content (AvgIpc) is 2.09. The van der Waals surface area contributed by atoms with Crippen LogP contribution >= 0.6 is 0 Å². The predicted molar refractivity (Wildman–Crippen MR) is 49.9 cm³/mol. The van der Waals surface area contributed by atoms with E-state index in [9.17, 15) is 12.8 Å². The smallest absolute Gasteiger partial charge is 0.267 e. The highest BCUT2D eigenvalue weighted by molar-refractivity contribution is 7.86. The van der Waals surface area contributed by atoms with Gasteiger partial charge in [0, 0.05) is 0 Å². The van der Waals surface area contributed by atoms with E-state index >= 15 is 0 Å². The molecular weight excluding hydrogens is 195 g/mol. The van der Waals surface area contributed by atoms with E-state index < -0.39 is 16.8 Å². The zero-order valence-electron chi connectivity index (χ0n) is 7.96. The fraction of sp³-hybridized carbons (Fsp3) is 1.00. The van der Waals surface area contributed by atoms with Crippen molar-refractivity contribution in [3.8, 4) is 0 Å². The molecule has 0 N–H and O–H groups in total. The number of hydrogen-bond acceptors (Lipinski definition) is 3. The van der Waals surface area contributed by atoms with E-state index in [4.69, 9.17) is 0 Å². The number of rotatable bonds is 8. The molecule has 5 heteroatoms. The second-order valence-corrected chi connectivity index (χ2v) is 4.59. The van der Waals surface area contributed by atoms with Crippen molar-refractivity contribution in [1.29, 1.82) is 0 Å². The third-order valence-electron chi connectivity index (χ3n) is 1.54. The van der Waals surface area contributed by atoms with Crippen LogP contribution in [0.25, 0.3) is 0 Å². The standard InChI is InChI=1S/C8H17FO3S/c1-2-3-8-13(10,11)12-7-5-4-6-9/h2-8H2,1H3. The SMILES string of the molecule is CCCCS(=O)(=O)OCCCCF. The first kappa shape index (κ1) is 12.8. The van der Waals surface area contributed by atoms with Crippen LogP contribution in [0.3, 0.4) is 0 Å². The molecule has 0 unspecified atom stereocenters. The van der Waals surface area contributed by atoms with Gasteiger partial charge in [-0.3, -0.25) is 8.57 Å². The maximum atomic E-state index is 11.6. The Kier molecular flexibility index (Phi) is 7.17. The van der Waals surface area contributed by atoms with Crippen LogP contribution in [0.4, 0.5) is 4.39 Å². The molecule has 0 heterocycles. The first-order valence-electron chi connectivity index (χ1n) is 4.55. The molecule has 0 aromatic heterocycles. The van der Waals surface area contributed by atoms with E-state index in [0.717, 1.165) is 6.42 Å². The topological polar surface area (TPSA) is 43.4 Å². The van der Waals surface area contributed by atoms with Crippen LogP contribution in [0.5, 0.6) is 0 Å². The van der Waals surface area contributed by atoms with Gasteiger partial charge in [0.05, 0.1) is 19.0 Å². The van der Waals surface area contributed by atoms with Crippen LogP contribution in [-0.4, -0.2) is 27.5 Å². The minimum Gasteiger partial charge on any atom is -0.270 e. The maximum absolute atomic E-state index is 11.6. The third-order valence-corrected chi connectivity index (χ3v) is 2.85. The number of hydrogen-bond donors (Lipinski definition) is 0. The highest BCUT2D eigenvalue weighted by atomic mass is 32.2. The first-order chi connectivity index (χ1) is 6.12. The van der Waals surface area contributed by atoms with Crippen LogP contribution < -0.4 is 0 Å². The van der Waals surface area contributed by atoms with Gasteiger partial charge in [0.25, 0.3) is 10.1 Å². The summed E-state index contributed by atoms with van der Waals surface area (Å²) in [6, 6.07) is 0. The molecule has 0 atom stereocenters. The summed E-state index contributed by atoms with van der Waals surface area (Å²) in [5.41, 5.74) is 0. The molecule has 13 heavy (non-hydrogen) atoms. The Morgan fingerprint density at radius 3 is 2.46 bits per heavy atom. The lowest BCUT2D eigenvalue weighted by Gasteiger charge is -2.03. The highest BCUT2D eigenvalue weighted by Crippen LogP contribution is 2.01. The highest BCUT2D eigenvalue weighted by Gasteiger charge is 2.09. The van der Waals surface area contributed by atoms with E-state index in [1.54, 1.807) is 0 Å². The summed E-state index contributed by atoms with van der Waals surface area (Å²) in [4.78, 5) is 0. The van der Waals surface area contributed by atoms with Crippen molar-refractivity contribution in [3.05, 3.63) is 0 Å². The van der Waals surface area contributed by atoms with E-state index in [2.05, 4.69) is 4.18 Å². The van der Waals surface area contributed by atoms with Crippen molar-refractivity contribution in [2.75, 3.05) is 19.0 Å². The number of halogens is 1. The summed E-state index contributed by atoms with van der Waals surface area (Å²) in [5, 5.41) is 0. The van der Waals surface area contributed by atoms with Gasteiger partial charge in [0.1, 0.15) is 0 Å². The van der Waals surface area contributed by atoms with Gasteiger partial charge in [-0.25, -0.2) is 0 Å². The Bertz CT molecular complexity index is 201. The van der Waals surface area contributed by atoms with Crippen molar-refractivity contribution >= 4 is 10.1 Å². The van der Waals surface area contributed by atoms with Crippen LogP contribution in [-0.2, 0) is 14.3 Å². The second-order valence-electron chi connectivity index (χ2n) is 2.83. The molecule has 0 amide bonds. The minimum absolute atomic E-state index is 0.0686. The Hall–Kier alpha value is -0.160. The summed E-state index contributed by atoms with van der Waals surface area (Å²) in [7, 11) is -3.35. The van der Waals surface area contributed by atoms with Crippen molar-refractivity contribution in [2.24, 2.45) is 0 Å². The van der Waals surface area contributed by atoms with Crippen LogP contribution in [0.2, 0.25) is 0 Å². The molecule has 0 saturated carbocycles. The normalized spacial score (nSPS) is 11.8. The largest absolute Gasteiger partial charge is 0.270 e. The number of unbranched alkanes of at least 4 members (excludes halogenated alkanes) is 2. The molecular formula is C8H17FO3S. The predicted octanol–water partition coefficient (Wildman–Crippen LogP) is 1.88. The van der Waals surface area contributed by atoms with Crippen molar-refractivity contribution < 1.29 is 17.0 Å².